The maximum absolute atomic E-state index is 3.81. The van der Waals surface area contributed by atoms with Crippen LogP contribution in [0.15, 0.2) is 36.9 Å². The molecular weight excluding hydrogens is 236 g/mol. The maximum Gasteiger partial charge on any atom is 0.0380 e. The van der Waals surface area contributed by atoms with Gasteiger partial charge in [-0.25, -0.2) is 0 Å². The molecule has 1 unspecified atom stereocenters. The molecule has 0 spiro atoms. The minimum absolute atomic E-state index is 0.334. The first-order valence-electron chi connectivity index (χ1n) is 6.80. The van der Waals surface area contributed by atoms with E-state index >= 15 is 0 Å². The molecule has 0 heterocycles. The third-order valence-electron chi connectivity index (χ3n) is 3.19. The first-order chi connectivity index (χ1) is 8.11. The molecule has 1 aromatic carbocycles. The van der Waals surface area contributed by atoms with Crippen molar-refractivity contribution in [1.82, 2.24) is 0 Å². The largest absolute Gasteiger partial charge is 0.103 e. The monoisotopic (exact) mass is 262 g/mol. The molecule has 2 heteroatoms. The fourth-order valence-electron chi connectivity index (χ4n) is 2.17. The van der Waals surface area contributed by atoms with Gasteiger partial charge in [0.15, 0.2) is 0 Å². The highest BCUT2D eigenvalue weighted by molar-refractivity contribution is 6.62. The van der Waals surface area contributed by atoms with Gasteiger partial charge >= 0.3 is 0 Å². The van der Waals surface area contributed by atoms with Gasteiger partial charge in [-0.3, -0.25) is 0 Å². The highest BCUT2D eigenvalue weighted by Gasteiger charge is 2.07. The van der Waals surface area contributed by atoms with E-state index in [-0.39, 0.29) is 8.80 Å². The van der Waals surface area contributed by atoms with Crippen molar-refractivity contribution in [2.24, 2.45) is 0 Å². The lowest BCUT2D eigenvalue weighted by molar-refractivity contribution is 1.21. The Morgan fingerprint density at radius 3 is 2.47 bits per heavy atom. The molecule has 1 aromatic rings. The van der Waals surface area contributed by atoms with E-state index in [2.05, 4.69) is 50.5 Å². The minimum atomic E-state index is -0.517. The Labute approximate surface area is 110 Å². The van der Waals surface area contributed by atoms with Crippen molar-refractivity contribution < 1.29 is 0 Å². The Morgan fingerprint density at radius 2 is 1.82 bits per heavy atom. The van der Waals surface area contributed by atoms with Crippen LogP contribution in [0.1, 0.15) is 11.1 Å². The highest BCUT2D eigenvalue weighted by atomic mass is 28.3. The van der Waals surface area contributed by atoms with Gasteiger partial charge in [-0.05, 0) is 18.0 Å². The summed E-state index contributed by atoms with van der Waals surface area (Å²) in [6, 6.07) is 13.5. The molecule has 0 fully saturated rings. The van der Waals surface area contributed by atoms with Gasteiger partial charge in [0.1, 0.15) is 0 Å². The molecule has 17 heavy (non-hydrogen) atoms. The predicted molar refractivity (Wildman–Crippen MR) is 85.6 cm³/mol. The van der Waals surface area contributed by atoms with E-state index in [0.717, 1.165) is 6.42 Å². The van der Waals surface area contributed by atoms with E-state index in [1.807, 2.05) is 6.08 Å². The molecular formula is C15H26Si2. The van der Waals surface area contributed by atoms with Crippen molar-refractivity contribution in [3.63, 3.8) is 0 Å². The number of benzene rings is 1. The lowest BCUT2D eigenvalue weighted by atomic mass is 10.1. The molecule has 0 saturated heterocycles. The number of hydrogen-bond donors (Lipinski definition) is 0. The Balaban J connectivity index is 2.49. The van der Waals surface area contributed by atoms with E-state index < -0.39 is 8.80 Å². The Hall–Kier alpha value is -0.606. The first-order valence-corrected chi connectivity index (χ1v) is 12.7. The summed E-state index contributed by atoms with van der Waals surface area (Å²) >= 11 is 0. The number of hydrogen-bond acceptors (Lipinski definition) is 0. The second kappa shape index (κ2) is 7.67. The first kappa shape index (κ1) is 14.5. The third kappa shape index (κ3) is 6.03. The zero-order valence-electron chi connectivity index (χ0n) is 11.6. The Bertz CT molecular complexity index is 345. The van der Waals surface area contributed by atoms with E-state index in [4.69, 9.17) is 0 Å². The van der Waals surface area contributed by atoms with Crippen molar-refractivity contribution in [3.05, 3.63) is 48.0 Å². The van der Waals surface area contributed by atoms with Crippen LogP contribution in [0.5, 0.6) is 0 Å². The molecule has 0 nitrogen and oxygen atoms in total. The lowest BCUT2D eigenvalue weighted by Gasteiger charge is -2.11. The van der Waals surface area contributed by atoms with Gasteiger partial charge in [-0.1, -0.05) is 67.6 Å². The minimum Gasteiger partial charge on any atom is -0.103 e. The smallest absolute Gasteiger partial charge is 0.0380 e. The van der Waals surface area contributed by atoms with Crippen LogP contribution < -0.4 is 0 Å². The van der Waals surface area contributed by atoms with Gasteiger partial charge < -0.3 is 0 Å². The van der Waals surface area contributed by atoms with Crippen molar-refractivity contribution in [2.75, 3.05) is 0 Å². The van der Waals surface area contributed by atoms with Crippen LogP contribution in [0.4, 0.5) is 0 Å². The standard InChI is InChI=1S/C15H26Si2/c1-5-7-14-8-6-9-15(12-14)13-17(4)11-10-16(2)3/h5-6,8-9,12,16-17H,1,7,10-11,13H2,2-4H3. The molecule has 0 radical (unpaired) electrons. The second-order valence-electron chi connectivity index (χ2n) is 5.59. The lowest BCUT2D eigenvalue weighted by Crippen LogP contribution is -2.14. The summed E-state index contributed by atoms with van der Waals surface area (Å²) in [6.07, 6.45) is 2.99. The average Bonchev–Trinajstić information content (AvgIpc) is 2.27. The molecule has 0 amide bonds. The molecule has 0 bridgehead atoms. The summed E-state index contributed by atoms with van der Waals surface area (Å²) in [5.74, 6) is 0. The van der Waals surface area contributed by atoms with Gasteiger partial charge in [0.05, 0.1) is 0 Å². The normalized spacial score (nSPS) is 12.7. The van der Waals surface area contributed by atoms with E-state index in [1.165, 1.54) is 17.7 Å². The van der Waals surface area contributed by atoms with Crippen molar-refractivity contribution in [1.29, 1.82) is 0 Å². The third-order valence-corrected chi connectivity index (χ3v) is 7.83. The van der Waals surface area contributed by atoms with Gasteiger partial charge in [0.25, 0.3) is 0 Å². The van der Waals surface area contributed by atoms with Gasteiger partial charge in [0, 0.05) is 17.6 Å². The maximum atomic E-state index is 3.81. The molecule has 0 aliphatic carbocycles. The molecule has 0 N–H and O–H groups in total. The summed E-state index contributed by atoms with van der Waals surface area (Å²) < 4.78 is 0. The summed E-state index contributed by atoms with van der Waals surface area (Å²) in [5.41, 5.74) is 2.96. The summed E-state index contributed by atoms with van der Waals surface area (Å²) in [4.78, 5) is 0. The van der Waals surface area contributed by atoms with Crippen LogP contribution in [0.3, 0.4) is 0 Å². The average molecular weight is 263 g/mol. The van der Waals surface area contributed by atoms with Crippen LogP contribution >= 0.6 is 0 Å². The Morgan fingerprint density at radius 1 is 1.12 bits per heavy atom. The quantitative estimate of drug-likeness (QED) is 0.517. The van der Waals surface area contributed by atoms with Crippen molar-refractivity contribution in [3.8, 4) is 0 Å². The Kier molecular flexibility index (Phi) is 6.52. The van der Waals surface area contributed by atoms with Crippen LogP contribution in [-0.2, 0) is 12.5 Å². The van der Waals surface area contributed by atoms with E-state index in [9.17, 15) is 0 Å². The second-order valence-corrected chi connectivity index (χ2v) is 12.2. The fourth-order valence-corrected chi connectivity index (χ4v) is 8.38. The predicted octanol–water partition coefficient (Wildman–Crippen LogP) is 3.84. The van der Waals surface area contributed by atoms with E-state index in [0.29, 0.717) is 0 Å². The van der Waals surface area contributed by atoms with Crippen LogP contribution in [0.2, 0.25) is 31.7 Å². The molecule has 1 atom stereocenters. The van der Waals surface area contributed by atoms with Crippen LogP contribution in [-0.4, -0.2) is 17.6 Å². The van der Waals surface area contributed by atoms with Crippen LogP contribution in [0, 0.1) is 0 Å². The zero-order valence-corrected chi connectivity index (χ0v) is 13.9. The molecule has 0 aliphatic heterocycles. The molecule has 94 valence electrons. The van der Waals surface area contributed by atoms with Crippen molar-refractivity contribution in [2.45, 2.75) is 44.2 Å². The SMILES string of the molecule is C=CCc1cccc(C[SiH](C)CC[SiH](C)C)c1. The van der Waals surface area contributed by atoms with Crippen LogP contribution in [0.25, 0.3) is 0 Å². The topological polar surface area (TPSA) is 0 Å². The number of rotatable bonds is 7. The molecule has 0 aliphatic rings. The number of allylic oxidation sites excluding steroid dienone is 1. The zero-order chi connectivity index (χ0) is 12.7. The van der Waals surface area contributed by atoms with E-state index in [1.54, 1.807) is 11.6 Å². The molecule has 0 saturated carbocycles. The highest BCUT2D eigenvalue weighted by Crippen LogP contribution is 2.12. The fraction of sp³-hybridized carbons (Fsp3) is 0.467. The van der Waals surface area contributed by atoms with Gasteiger partial charge in [-0.2, -0.15) is 0 Å². The summed E-state index contributed by atoms with van der Waals surface area (Å²) in [6.45, 7) is 11.3. The van der Waals surface area contributed by atoms with Gasteiger partial charge in [0.2, 0.25) is 0 Å². The molecule has 1 rings (SSSR count). The molecule has 0 aromatic heterocycles. The summed E-state index contributed by atoms with van der Waals surface area (Å²) in [5, 5.41) is 0. The summed E-state index contributed by atoms with van der Waals surface area (Å²) in [7, 11) is -0.851. The van der Waals surface area contributed by atoms with Gasteiger partial charge in [-0.15, -0.1) is 6.58 Å². The van der Waals surface area contributed by atoms with Crippen molar-refractivity contribution >= 4 is 17.6 Å².